The third-order valence-corrected chi connectivity index (χ3v) is 3.07. The van der Waals surface area contributed by atoms with Gasteiger partial charge in [-0.3, -0.25) is 9.59 Å². The Morgan fingerprint density at radius 3 is 2.42 bits per heavy atom. The summed E-state index contributed by atoms with van der Waals surface area (Å²) >= 11 is 0. The minimum atomic E-state index is -4.51. The molecule has 0 saturated carbocycles. The molecule has 1 aromatic carbocycles. The number of alkyl halides is 3. The summed E-state index contributed by atoms with van der Waals surface area (Å²) in [7, 11) is 0. The molecular formula is C15H14F4N4O3. The molecule has 1 heterocycles. The van der Waals surface area contributed by atoms with E-state index in [0.29, 0.717) is 5.56 Å². The highest BCUT2D eigenvalue weighted by Gasteiger charge is 2.27. The van der Waals surface area contributed by atoms with E-state index in [9.17, 15) is 27.2 Å². The molecule has 7 nitrogen and oxygen atoms in total. The van der Waals surface area contributed by atoms with E-state index in [2.05, 4.69) is 15.5 Å². The number of nitrogens with one attached hydrogen (secondary N) is 2. The summed E-state index contributed by atoms with van der Waals surface area (Å²) in [5.74, 6) is -1.54. The third-order valence-electron chi connectivity index (χ3n) is 3.07. The van der Waals surface area contributed by atoms with Crippen molar-refractivity contribution in [3.63, 3.8) is 0 Å². The van der Waals surface area contributed by atoms with Crippen LogP contribution >= 0.6 is 0 Å². The molecule has 0 unspecified atom stereocenters. The van der Waals surface area contributed by atoms with Gasteiger partial charge in [0.1, 0.15) is 12.4 Å². The smallest absolute Gasteiger partial charge is 0.347 e. The van der Waals surface area contributed by atoms with Crippen LogP contribution in [0.2, 0.25) is 0 Å². The number of aromatic nitrogens is 2. The fourth-order valence-electron chi connectivity index (χ4n) is 1.82. The summed E-state index contributed by atoms with van der Waals surface area (Å²) in [5.41, 5.74) is 0.534. The molecule has 140 valence electrons. The molecule has 2 amide bonds. The van der Waals surface area contributed by atoms with Crippen LogP contribution < -0.4 is 10.6 Å². The van der Waals surface area contributed by atoms with Crippen LogP contribution in [0.4, 0.5) is 17.6 Å². The predicted molar refractivity (Wildman–Crippen MR) is 80.1 cm³/mol. The summed E-state index contributed by atoms with van der Waals surface area (Å²) in [6, 6.07) is 5.41. The number of rotatable bonds is 7. The minimum absolute atomic E-state index is 0.0736. The molecule has 0 bridgehead atoms. The van der Waals surface area contributed by atoms with E-state index in [0.717, 1.165) is 0 Å². The van der Waals surface area contributed by atoms with Crippen LogP contribution in [0.3, 0.4) is 0 Å². The van der Waals surface area contributed by atoms with Crippen molar-refractivity contribution >= 4 is 11.8 Å². The molecule has 0 aliphatic rings. The Morgan fingerprint density at radius 1 is 1.08 bits per heavy atom. The fourth-order valence-corrected chi connectivity index (χ4v) is 1.82. The zero-order valence-electron chi connectivity index (χ0n) is 13.3. The molecule has 2 rings (SSSR count). The van der Waals surface area contributed by atoms with Gasteiger partial charge in [0.05, 0.1) is 6.54 Å². The quantitative estimate of drug-likeness (QED) is 0.718. The van der Waals surface area contributed by atoms with Crippen LogP contribution in [0.1, 0.15) is 12.3 Å². The molecular weight excluding hydrogens is 360 g/mol. The van der Waals surface area contributed by atoms with Gasteiger partial charge in [-0.05, 0) is 24.3 Å². The molecule has 2 N–H and O–H groups in total. The zero-order chi connectivity index (χ0) is 19.2. The average Bonchev–Trinajstić information content (AvgIpc) is 3.05. The zero-order valence-corrected chi connectivity index (χ0v) is 13.3. The van der Waals surface area contributed by atoms with Crippen molar-refractivity contribution in [2.75, 3.05) is 13.1 Å². The second-order valence-electron chi connectivity index (χ2n) is 5.19. The van der Waals surface area contributed by atoms with E-state index in [1.807, 2.05) is 0 Å². The van der Waals surface area contributed by atoms with Crippen LogP contribution in [0.25, 0.3) is 11.4 Å². The van der Waals surface area contributed by atoms with E-state index >= 15 is 0 Å². The highest BCUT2D eigenvalue weighted by atomic mass is 19.4. The summed E-state index contributed by atoms with van der Waals surface area (Å²) < 4.78 is 53.6. The molecule has 2 aromatic rings. The van der Waals surface area contributed by atoms with Gasteiger partial charge in [0.2, 0.25) is 23.5 Å². The van der Waals surface area contributed by atoms with Gasteiger partial charge in [-0.1, -0.05) is 5.16 Å². The lowest BCUT2D eigenvalue weighted by Gasteiger charge is -2.08. The second-order valence-corrected chi connectivity index (χ2v) is 5.19. The van der Waals surface area contributed by atoms with Crippen molar-refractivity contribution in [1.29, 1.82) is 0 Å². The van der Waals surface area contributed by atoms with Crippen LogP contribution in [0.5, 0.6) is 0 Å². The molecule has 0 radical (unpaired) electrons. The molecule has 1 aromatic heterocycles. The standard InChI is InChI=1S/C15H14F4N4O3/c16-10-3-1-9(2-4-10)14-22-13(26-23-14)6-5-11(24)20-7-12(25)21-8-15(17,18)19/h1-4H,5-8H2,(H,20,24)(H,21,25). The van der Waals surface area contributed by atoms with Gasteiger partial charge >= 0.3 is 6.18 Å². The van der Waals surface area contributed by atoms with Crippen molar-refractivity contribution in [2.24, 2.45) is 0 Å². The van der Waals surface area contributed by atoms with E-state index in [-0.39, 0.29) is 24.6 Å². The Morgan fingerprint density at radius 2 is 1.77 bits per heavy atom. The summed E-state index contributed by atoms with van der Waals surface area (Å²) in [6.45, 7) is -2.03. The van der Waals surface area contributed by atoms with Crippen molar-refractivity contribution in [3.8, 4) is 11.4 Å². The van der Waals surface area contributed by atoms with Gasteiger partial charge in [0, 0.05) is 18.4 Å². The number of amides is 2. The second kappa shape index (κ2) is 8.41. The monoisotopic (exact) mass is 374 g/mol. The largest absolute Gasteiger partial charge is 0.405 e. The Balaban J connectivity index is 1.74. The topological polar surface area (TPSA) is 97.1 Å². The summed E-state index contributed by atoms with van der Waals surface area (Å²) in [4.78, 5) is 26.8. The SMILES string of the molecule is O=C(CCc1nc(-c2ccc(F)cc2)no1)NCC(=O)NCC(F)(F)F. The maximum absolute atomic E-state index is 12.9. The average molecular weight is 374 g/mol. The maximum atomic E-state index is 12.9. The summed E-state index contributed by atoms with van der Waals surface area (Å²) in [6.07, 6.45) is -4.54. The van der Waals surface area contributed by atoms with Gasteiger partial charge in [-0.15, -0.1) is 0 Å². The third kappa shape index (κ3) is 6.49. The van der Waals surface area contributed by atoms with E-state index in [1.165, 1.54) is 24.3 Å². The first kappa shape index (κ1) is 19.3. The van der Waals surface area contributed by atoms with Crippen molar-refractivity contribution < 1.29 is 31.7 Å². The normalized spacial score (nSPS) is 11.2. The van der Waals surface area contributed by atoms with Crippen LogP contribution in [-0.2, 0) is 16.0 Å². The predicted octanol–water partition coefficient (Wildman–Crippen LogP) is 1.60. The Kier molecular flexibility index (Phi) is 6.26. The fraction of sp³-hybridized carbons (Fsp3) is 0.333. The molecule has 0 atom stereocenters. The van der Waals surface area contributed by atoms with Gasteiger partial charge < -0.3 is 15.2 Å². The van der Waals surface area contributed by atoms with Gasteiger partial charge in [-0.2, -0.15) is 18.2 Å². The number of aryl methyl sites for hydroxylation is 1. The lowest BCUT2D eigenvalue weighted by molar-refractivity contribution is -0.138. The molecule has 26 heavy (non-hydrogen) atoms. The summed E-state index contributed by atoms with van der Waals surface area (Å²) in [5, 5.41) is 7.52. The number of hydrogen-bond donors (Lipinski definition) is 2. The molecule has 0 fully saturated rings. The minimum Gasteiger partial charge on any atom is -0.347 e. The van der Waals surface area contributed by atoms with E-state index < -0.39 is 36.9 Å². The molecule has 0 saturated heterocycles. The van der Waals surface area contributed by atoms with E-state index in [4.69, 9.17) is 4.52 Å². The lowest BCUT2D eigenvalue weighted by Crippen LogP contribution is -2.40. The Labute approximate surface area is 144 Å². The number of hydrogen-bond acceptors (Lipinski definition) is 5. The van der Waals surface area contributed by atoms with Crippen LogP contribution in [0.15, 0.2) is 28.8 Å². The maximum Gasteiger partial charge on any atom is 0.405 e. The lowest BCUT2D eigenvalue weighted by atomic mass is 10.2. The van der Waals surface area contributed by atoms with Gasteiger partial charge in [0.25, 0.3) is 0 Å². The number of benzene rings is 1. The van der Waals surface area contributed by atoms with Crippen molar-refractivity contribution in [2.45, 2.75) is 19.0 Å². The molecule has 0 spiro atoms. The molecule has 11 heteroatoms. The number of carbonyl (C=O) groups is 2. The Bertz CT molecular complexity index is 759. The number of halogens is 4. The first-order chi connectivity index (χ1) is 12.2. The number of nitrogens with zero attached hydrogens (tertiary/aromatic N) is 2. The van der Waals surface area contributed by atoms with Gasteiger partial charge in [0.15, 0.2) is 0 Å². The molecule has 0 aliphatic heterocycles. The van der Waals surface area contributed by atoms with Crippen molar-refractivity contribution in [1.82, 2.24) is 20.8 Å². The highest BCUT2D eigenvalue weighted by molar-refractivity contribution is 5.84. The van der Waals surface area contributed by atoms with Gasteiger partial charge in [-0.25, -0.2) is 4.39 Å². The Hall–Kier alpha value is -2.98. The van der Waals surface area contributed by atoms with Crippen molar-refractivity contribution in [3.05, 3.63) is 36.0 Å². The highest BCUT2D eigenvalue weighted by Crippen LogP contribution is 2.16. The van der Waals surface area contributed by atoms with Crippen LogP contribution in [0, 0.1) is 5.82 Å². The van der Waals surface area contributed by atoms with E-state index in [1.54, 1.807) is 5.32 Å². The molecule has 0 aliphatic carbocycles. The first-order valence-electron chi connectivity index (χ1n) is 7.41. The first-order valence-corrected chi connectivity index (χ1v) is 7.41. The van der Waals surface area contributed by atoms with Crippen LogP contribution in [-0.4, -0.2) is 41.2 Å². The number of carbonyl (C=O) groups excluding carboxylic acids is 2.